The van der Waals surface area contributed by atoms with Gasteiger partial charge < -0.3 is 14.8 Å². The van der Waals surface area contributed by atoms with Crippen LogP contribution in [0.4, 0.5) is 5.69 Å². The number of rotatable bonds is 4. The normalized spacial score (nSPS) is 13.4. The molecule has 152 valence electrons. The predicted molar refractivity (Wildman–Crippen MR) is 106 cm³/mol. The van der Waals surface area contributed by atoms with E-state index in [1.165, 1.54) is 21.3 Å². The van der Waals surface area contributed by atoms with E-state index in [1.54, 1.807) is 38.4 Å². The molecule has 2 aromatic carbocycles. The first-order valence-electron chi connectivity index (χ1n) is 8.84. The maximum absolute atomic E-state index is 12.7. The minimum absolute atomic E-state index is 0.0245. The molecule has 0 fully saturated rings. The summed E-state index contributed by atoms with van der Waals surface area (Å²) >= 11 is 0. The van der Waals surface area contributed by atoms with Gasteiger partial charge in [0.15, 0.2) is 21.3 Å². The molecule has 10 heteroatoms. The van der Waals surface area contributed by atoms with Crippen LogP contribution in [0.3, 0.4) is 0 Å². The molecule has 1 aliphatic rings. The SMILES string of the molecule is Cn1c(=O)n(C)c2cc(S(=O)(=O)CC(=O)Nc3ccc4c(c3)OCCO4)ccc21. The zero-order valence-electron chi connectivity index (χ0n) is 15.8. The summed E-state index contributed by atoms with van der Waals surface area (Å²) in [7, 11) is -0.726. The van der Waals surface area contributed by atoms with Crippen LogP contribution in [-0.4, -0.2) is 42.4 Å². The van der Waals surface area contributed by atoms with Crippen molar-refractivity contribution in [2.75, 3.05) is 24.3 Å². The fourth-order valence-electron chi connectivity index (χ4n) is 3.25. The number of nitrogens with zero attached hydrogens (tertiary/aromatic N) is 2. The zero-order valence-corrected chi connectivity index (χ0v) is 16.7. The number of sulfone groups is 1. The fraction of sp³-hybridized carbons (Fsp3) is 0.263. The first-order valence-corrected chi connectivity index (χ1v) is 10.5. The van der Waals surface area contributed by atoms with Crippen LogP contribution in [0.25, 0.3) is 11.0 Å². The lowest BCUT2D eigenvalue weighted by Crippen LogP contribution is -2.23. The van der Waals surface area contributed by atoms with Crippen LogP contribution in [0.2, 0.25) is 0 Å². The monoisotopic (exact) mass is 417 g/mol. The van der Waals surface area contributed by atoms with E-state index in [-0.39, 0.29) is 10.6 Å². The van der Waals surface area contributed by atoms with E-state index in [0.717, 1.165) is 0 Å². The van der Waals surface area contributed by atoms with Crippen molar-refractivity contribution < 1.29 is 22.7 Å². The molecule has 0 saturated heterocycles. The standard InChI is InChI=1S/C19H19N3O6S/c1-21-14-5-4-13(10-15(14)22(2)19(21)24)29(25,26)11-18(23)20-12-3-6-16-17(9-12)28-8-7-27-16/h3-6,9-10H,7-8,11H2,1-2H3,(H,20,23). The van der Waals surface area contributed by atoms with Gasteiger partial charge in [0.05, 0.1) is 15.9 Å². The summed E-state index contributed by atoms with van der Waals surface area (Å²) in [6.45, 7) is 0.859. The van der Waals surface area contributed by atoms with Crippen LogP contribution in [-0.2, 0) is 28.7 Å². The van der Waals surface area contributed by atoms with Gasteiger partial charge >= 0.3 is 5.69 Å². The average molecular weight is 417 g/mol. The summed E-state index contributed by atoms with van der Waals surface area (Å²) in [6.07, 6.45) is 0. The van der Waals surface area contributed by atoms with E-state index in [2.05, 4.69) is 5.32 Å². The molecule has 1 N–H and O–H groups in total. The Morgan fingerprint density at radius 2 is 1.69 bits per heavy atom. The van der Waals surface area contributed by atoms with Crippen molar-refractivity contribution in [1.29, 1.82) is 0 Å². The Bertz CT molecular complexity index is 1290. The van der Waals surface area contributed by atoms with E-state index < -0.39 is 21.5 Å². The topological polar surface area (TPSA) is 109 Å². The van der Waals surface area contributed by atoms with Crippen LogP contribution in [0.5, 0.6) is 11.5 Å². The Hall–Kier alpha value is -3.27. The molecule has 0 spiro atoms. The molecule has 0 saturated carbocycles. The highest BCUT2D eigenvalue weighted by molar-refractivity contribution is 7.92. The smallest absolute Gasteiger partial charge is 0.328 e. The lowest BCUT2D eigenvalue weighted by molar-refractivity contribution is -0.113. The Morgan fingerprint density at radius 3 is 2.45 bits per heavy atom. The number of nitrogens with one attached hydrogen (secondary N) is 1. The molecule has 29 heavy (non-hydrogen) atoms. The molecule has 0 atom stereocenters. The van der Waals surface area contributed by atoms with Crippen LogP contribution in [0.1, 0.15) is 0 Å². The van der Waals surface area contributed by atoms with Crippen molar-refractivity contribution in [3.05, 3.63) is 46.9 Å². The second-order valence-corrected chi connectivity index (χ2v) is 8.71. The van der Waals surface area contributed by atoms with Gasteiger partial charge in [0.1, 0.15) is 19.0 Å². The van der Waals surface area contributed by atoms with Gasteiger partial charge in [-0.15, -0.1) is 0 Å². The highest BCUT2D eigenvalue weighted by Gasteiger charge is 2.22. The maximum atomic E-state index is 12.7. The Morgan fingerprint density at radius 1 is 1.00 bits per heavy atom. The number of fused-ring (bicyclic) bond motifs is 2. The quantitative estimate of drug-likeness (QED) is 0.680. The molecule has 1 aliphatic heterocycles. The molecule has 3 aromatic rings. The molecular formula is C19H19N3O6S. The largest absolute Gasteiger partial charge is 0.486 e. The third-order valence-electron chi connectivity index (χ3n) is 4.75. The molecule has 0 unspecified atom stereocenters. The number of hydrogen-bond acceptors (Lipinski definition) is 6. The zero-order chi connectivity index (χ0) is 20.8. The number of imidazole rings is 1. The average Bonchev–Trinajstić information content (AvgIpc) is 2.91. The van der Waals surface area contributed by atoms with Gasteiger partial charge in [-0.25, -0.2) is 13.2 Å². The highest BCUT2D eigenvalue weighted by Crippen LogP contribution is 2.32. The first-order chi connectivity index (χ1) is 13.8. The van der Waals surface area contributed by atoms with Gasteiger partial charge in [-0.3, -0.25) is 13.9 Å². The molecule has 2 heterocycles. The van der Waals surface area contributed by atoms with Gasteiger partial charge in [-0.2, -0.15) is 0 Å². The molecule has 1 amide bonds. The van der Waals surface area contributed by atoms with E-state index in [9.17, 15) is 18.0 Å². The number of aromatic nitrogens is 2. The number of aryl methyl sites for hydroxylation is 2. The molecule has 0 aliphatic carbocycles. The number of benzene rings is 2. The fourth-order valence-corrected chi connectivity index (χ4v) is 4.40. The number of amides is 1. The molecule has 0 radical (unpaired) electrons. The van der Waals surface area contributed by atoms with Crippen LogP contribution >= 0.6 is 0 Å². The van der Waals surface area contributed by atoms with Crippen molar-refractivity contribution in [2.45, 2.75) is 4.90 Å². The van der Waals surface area contributed by atoms with E-state index in [4.69, 9.17) is 9.47 Å². The van der Waals surface area contributed by atoms with Crippen molar-refractivity contribution in [3.63, 3.8) is 0 Å². The number of carbonyl (C=O) groups excluding carboxylic acids is 1. The van der Waals surface area contributed by atoms with Gasteiger partial charge in [-0.1, -0.05) is 0 Å². The predicted octanol–water partition coefficient (Wildman–Crippen LogP) is 1.06. The first kappa shape index (κ1) is 19.1. The highest BCUT2D eigenvalue weighted by atomic mass is 32.2. The summed E-state index contributed by atoms with van der Waals surface area (Å²) < 4.78 is 39.1. The van der Waals surface area contributed by atoms with Gasteiger partial charge in [0.25, 0.3) is 0 Å². The second-order valence-electron chi connectivity index (χ2n) is 6.72. The number of anilines is 1. The molecule has 4 rings (SSSR count). The van der Waals surface area contributed by atoms with Crippen LogP contribution < -0.4 is 20.5 Å². The molecule has 0 bridgehead atoms. The minimum Gasteiger partial charge on any atom is -0.486 e. The van der Waals surface area contributed by atoms with E-state index in [0.29, 0.717) is 41.4 Å². The van der Waals surface area contributed by atoms with Crippen LogP contribution in [0.15, 0.2) is 46.1 Å². The summed E-state index contributed by atoms with van der Waals surface area (Å²) in [6, 6.07) is 9.22. The Kier molecular flexibility index (Phi) is 4.58. The molecular weight excluding hydrogens is 398 g/mol. The summed E-state index contributed by atoms with van der Waals surface area (Å²) in [5.74, 6) is -0.340. The third kappa shape index (κ3) is 3.46. The lowest BCUT2D eigenvalue weighted by atomic mass is 10.2. The number of ether oxygens (including phenoxy) is 2. The van der Waals surface area contributed by atoms with Gasteiger partial charge in [-0.05, 0) is 30.3 Å². The summed E-state index contributed by atoms with van der Waals surface area (Å²) in [4.78, 5) is 24.3. The summed E-state index contributed by atoms with van der Waals surface area (Å²) in [5.41, 5.74) is 1.24. The minimum atomic E-state index is -3.90. The Balaban J connectivity index is 1.55. The molecule has 9 nitrogen and oxygen atoms in total. The van der Waals surface area contributed by atoms with Gasteiger partial charge in [0, 0.05) is 25.8 Å². The van der Waals surface area contributed by atoms with Gasteiger partial charge in [0.2, 0.25) is 5.91 Å². The third-order valence-corrected chi connectivity index (χ3v) is 6.36. The number of hydrogen-bond donors (Lipinski definition) is 1. The Labute approximate surface area is 166 Å². The molecule has 1 aromatic heterocycles. The van der Waals surface area contributed by atoms with Crippen molar-refractivity contribution >= 4 is 32.5 Å². The summed E-state index contributed by atoms with van der Waals surface area (Å²) in [5, 5.41) is 2.57. The van der Waals surface area contributed by atoms with Crippen molar-refractivity contribution in [3.8, 4) is 11.5 Å². The van der Waals surface area contributed by atoms with Crippen molar-refractivity contribution in [1.82, 2.24) is 9.13 Å². The van der Waals surface area contributed by atoms with E-state index >= 15 is 0 Å². The van der Waals surface area contributed by atoms with E-state index in [1.807, 2.05) is 0 Å². The van der Waals surface area contributed by atoms with Crippen LogP contribution in [0, 0.1) is 0 Å². The number of carbonyl (C=O) groups is 1. The second kappa shape index (κ2) is 6.96. The lowest BCUT2D eigenvalue weighted by Gasteiger charge is -2.19. The van der Waals surface area contributed by atoms with Crippen molar-refractivity contribution in [2.24, 2.45) is 14.1 Å². The maximum Gasteiger partial charge on any atom is 0.328 e.